The van der Waals surface area contributed by atoms with Crippen LogP contribution in [0.25, 0.3) is 0 Å². The van der Waals surface area contributed by atoms with Crippen molar-refractivity contribution in [1.29, 1.82) is 0 Å². The first kappa shape index (κ1) is 15.4. The van der Waals surface area contributed by atoms with Crippen LogP contribution in [0.2, 0.25) is 0 Å². The zero-order valence-electron chi connectivity index (χ0n) is 10.7. The average Bonchev–Trinajstić information content (AvgIpc) is 2.27. The van der Waals surface area contributed by atoms with Crippen LogP contribution in [-0.4, -0.2) is 36.4 Å². The van der Waals surface area contributed by atoms with Crippen molar-refractivity contribution in [1.82, 2.24) is 9.29 Å². The van der Waals surface area contributed by atoms with Crippen LogP contribution in [0.1, 0.15) is 23.0 Å². The molecule has 0 radical (unpaired) electrons. The average molecular weight is 288 g/mol. The first-order valence-corrected chi connectivity index (χ1v) is 7.33. The molecule has 0 saturated heterocycles. The topological polar surface area (TPSA) is 105 Å². The molecular formula is C11H16N2O5S. The quantitative estimate of drug-likeness (QED) is 0.753. The molecule has 8 heteroatoms. The first-order chi connectivity index (χ1) is 8.76. The molecule has 106 valence electrons. The standard InChI is InChI=1S/C11H16N2O5S/c1-3-12-19(17,18)5-4-13-7-9(11(15)16)10(14)6-8(13)2/h6-7,12H,3-5H2,1-2H3,(H,15,16). The van der Waals surface area contributed by atoms with Crippen molar-refractivity contribution in [3.05, 3.63) is 33.7 Å². The lowest BCUT2D eigenvalue weighted by atomic mass is 10.2. The lowest BCUT2D eigenvalue weighted by molar-refractivity contribution is 0.0694. The Balaban J connectivity index is 3.00. The second kappa shape index (κ2) is 5.98. The van der Waals surface area contributed by atoms with E-state index in [9.17, 15) is 18.0 Å². The molecule has 1 aromatic rings. The molecule has 0 atom stereocenters. The van der Waals surface area contributed by atoms with E-state index in [1.807, 2.05) is 0 Å². The van der Waals surface area contributed by atoms with Gasteiger partial charge in [-0.2, -0.15) is 0 Å². The fraction of sp³-hybridized carbons (Fsp3) is 0.455. The molecule has 0 aliphatic heterocycles. The van der Waals surface area contributed by atoms with Crippen molar-refractivity contribution in [3.8, 4) is 0 Å². The van der Waals surface area contributed by atoms with E-state index in [2.05, 4.69) is 4.72 Å². The number of carboxylic acid groups (broad SMARTS) is 1. The number of aromatic nitrogens is 1. The third-order valence-corrected chi connectivity index (χ3v) is 3.99. The lowest BCUT2D eigenvalue weighted by Gasteiger charge is -2.11. The summed E-state index contributed by atoms with van der Waals surface area (Å²) in [6, 6.07) is 1.18. The number of aryl methyl sites for hydroxylation is 2. The molecule has 0 saturated carbocycles. The molecule has 1 heterocycles. The van der Waals surface area contributed by atoms with Crippen molar-refractivity contribution < 1.29 is 18.3 Å². The van der Waals surface area contributed by atoms with Crippen LogP contribution in [0.4, 0.5) is 0 Å². The number of carboxylic acids is 1. The number of hydrogen-bond acceptors (Lipinski definition) is 4. The second-order valence-corrected chi connectivity index (χ2v) is 5.93. The Morgan fingerprint density at radius 2 is 2.11 bits per heavy atom. The molecule has 0 unspecified atom stereocenters. The predicted octanol–water partition coefficient (Wildman–Crippen LogP) is -0.206. The highest BCUT2D eigenvalue weighted by Crippen LogP contribution is 2.01. The third-order valence-electron chi connectivity index (χ3n) is 2.54. The predicted molar refractivity (Wildman–Crippen MR) is 69.9 cm³/mol. The largest absolute Gasteiger partial charge is 0.477 e. The molecular weight excluding hydrogens is 272 g/mol. The maximum absolute atomic E-state index is 11.5. The van der Waals surface area contributed by atoms with Crippen LogP contribution < -0.4 is 10.2 Å². The molecule has 1 aromatic heterocycles. The summed E-state index contributed by atoms with van der Waals surface area (Å²) in [5.41, 5.74) is -0.441. The zero-order chi connectivity index (χ0) is 14.6. The van der Waals surface area contributed by atoms with Gasteiger partial charge in [0.15, 0.2) is 5.43 Å². The highest BCUT2D eigenvalue weighted by atomic mass is 32.2. The van der Waals surface area contributed by atoms with E-state index in [-0.39, 0.29) is 17.9 Å². The van der Waals surface area contributed by atoms with Gasteiger partial charge in [0.2, 0.25) is 10.0 Å². The van der Waals surface area contributed by atoms with E-state index < -0.39 is 21.4 Å². The van der Waals surface area contributed by atoms with Crippen molar-refractivity contribution in [2.24, 2.45) is 0 Å². The van der Waals surface area contributed by atoms with Crippen molar-refractivity contribution in [3.63, 3.8) is 0 Å². The molecule has 7 nitrogen and oxygen atoms in total. The SMILES string of the molecule is CCNS(=O)(=O)CCn1cc(C(=O)O)c(=O)cc1C. The van der Waals surface area contributed by atoms with Gasteiger partial charge in [-0.1, -0.05) is 6.92 Å². The Labute approximate surface area is 110 Å². The summed E-state index contributed by atoms with van der Waals surface area (Å²) >= 11 is 0. The van der Waals surface area contributed by atoms with Gasteiger partial charge in [-0.25, -0.2) is 17.9 Å². The first-order valence-electron chi connectivity index (χ1n) is 5.68. The van der Waals surface area contributed by atoms with E-state index in [0.717, 1.165) is 0 Å². The zero-order valence-corrected chi connectivity index (χ0v) is 11.5. The van der Waals surface area contributed by atoms with Crippen LogP contribution in [0.5, 0.6) is 0 Å². The number of pyridine rings is 1. The lowest BCUT2D eigenvalue weighted by Crippen LogP contribution is -2.29. The molecule has 19 heavy (non-hydrogen) atoms. The fourth-order valence-corrected chi connectivity index (χ4v) is 2.61. The molecule has 0 spiro atoms. The molecule has 2 N–H and O–H groups in total. The van der Waals surface area contributed by atoms with Gasteiger partial charge >= 0.3 is 5.97 Å². The molecule has 0 bridgehead atoms. The van der Waals surface area contributed by atoms with E-state index in [0.29, 0.717) is 12.2 Å². The van der Waals surface area contributed by atoms with Gasteiger partial charge in [0.05, 0.1) is 5.75 Å². The van der Waals surface area contributed by atoms with Gasteiger partial charge in [0.1, 0.15) is 5.56 Å². The molecule has 0 aliphatic rings. The molecule has 1 rings (SSSR count). The summed E-state index contributed by atoms with van der Waals surface area (Å²) in [4.78, 5) is 22.3. The Kier molecular flexibility index (Phi) is 4.84. The third kappa shape index (κ3) is 4.18. The normalized spacial score (nSPS) is 11.5. The van der Waals surface area contributed by atoms with Crippen molar-refractivity contribution >= 4 is 16.0 Å². The summed E-state index contributed by atoms with van der Waals surface area (Å²) in [5.74, 6) is -1.50. The maximum Gasteiger partial charge on any atom is 0.341 e. The number of carbonyl (C=O) groups is 1. The minimum Gasteiger partial charge on any atom is -0.477 e. The summed E-state index contributed by atoms with van der Waals surface area (Å²) in [6.45, 7) is 3.67. The Bertz CT molecular complexity index is 633. The minimum atomic E-state index is -3.39. The van der Waals surface area contributed by atoms with Crippen molar-refractivity contribution in [2.45, 2.75) is 20.4 Å². The molecule has 0 aromatic carbocycles. The van der Waals surface area contributed by atoms with Crippen LogP contribution in [0.3, 0.4) is 0 Å². The summed E-state index contributed by atoms with van der Waals surface area (Å²) in [7, 11) is -3.39. The Hall–Kier alpha value is -1.67. The second-order valence-electron chi connectivity index (χ2n) is 4.01. The summed E-state index contributed by atoms with van der Waals surface area (Å²) in [6.07, 6.45) is 1.17. The van der Waals surface area contributed by atoms with Gasteiger partial charge in [0.25, 0.3) is 0 Å². The van der Waals surface area contributed by atoms with Gasteiger partial charge in [-0.05, 0) is 6.92 Å². The van der Waals surface area contributed by atoms with Gasteiger partial charge < -0.3 is 9.67 Å². The van der Waals surface area contributed by atoms with Gasteiger partial charge in [-0.3, -0.25) is 4.79 Å². The van der Waals surface area contributed by atoms with E-state index in [1.165, 1.54) is 16.8 Å². The van der Waals surface area contributed by atoms with Gasteiger partial charge in [-0.15, -0.1) is 0 Å². The number of nitrogens with one attached hydrogen (secondary N) is 1. The highest BCUT2D eigenvalue weighted by Gasteiger charge is 2.13. The monoisotopic (exact) mass is 288 g/mol. The van der Waals surface area contributed by atoms with Crippen molar-refractivity contribution in [2.75, 3.05) is 12.3 Å². The number of rotatable bonds is 6. The highest BCUT2D eigenvalue weighted by molar-refractivity contribution is 7.89. The number of hydrogen-bond donors (Lipinski definition) is 2. The smallest absolute Gasteiger partial charge is 0.341 e. The minimum absolute atomic E-state index is 0.0850. The van der Waals surface area contributed by atoms with Crippen LogP contribution in [0, 0.1) is 6.92 Å². The van der Waals surface area contributed by atoms with E-state index in [4.69, 9.17) is 5.11 Å². The van der Waals surface area contributed by atoms with Crippen LogP contribution in [-0.2, 0) is 16.6 Å². The molecule has 0 fully saturated rings. The number of sulfonamides is 1. The maximum atomic E-state index is 11.5. The Morgan fingerprint density at radius 3 is 2.63 bits per heavy atom. The van der Waals surface area contributed by atoms with Gasteiger partial charge in [0, 0.05) is 31.0 Å². The molecule has 0 aliphatic carbocycles. The Morgan fingerprint density at radius 1 is 1.47 bits per heavy atom. The molecule has 0 amide bonds. The van der Waals surface area contributed by atoms with Crippen LogP contribution in [0.15, 0.2) is 17.1 Å². The number of aromatic carboxylic acids is 1. The fourth-order valence-electron chi connectivity index (χ4n) is 1.58. The number of nitrogens with zero attached hydrogens (tertiary/aromatic N) is 1. The summed E-state index contributed by atoms with van der Waals surface area (Å²) in [5, 5.41) is 8.85. The van der Waals surface area contributed by atoms with Crippen LogP contribution >= 0.6 is 0 Å². The summed E-state index contributed by atoms with van der Waals surface area (Å²) < 4.78 is 26.8. The van der Waals surface area contributed by atoms with E-state index >= 15 is 0 Å². The van der Waals surface area contributed by atoms with E-state index in [1.54, 1.807) is 13.8 Å².